The van der Waals surface area contributed by atoms with Gasteiger partial charge in [-0.15, -0.1) is 0 Å². The number of carbonyl (C=O) groups excluding carboxylic acids is 1. The lowest BCUT2D eigenvalue weighted by atomic mass is 9.72. The molecule has 2 aliphatic rings. The van der Waals surface area contributed by atoms with Crippen LogP contribution in [-0.2, 0) is 24.6 Å². The molecule has 0 bridgehead atoms. The summed E-state index contributed by atoms with van der Waals surface area (Å²) in [6.45, 7) is 6.03. The first kappa shape index (κ1) is 13.2. The molecule has 20 heavy (non-hydrogen) atoms. The number of esters is 1. The third-order valence-electron chi connectivity index (χ3n) is 4.10. The molecule has 1 aromatic rings. The smallest absolute Gasteiger partial charge is 0.343 e. The minimum absolute atomic E-state index is 0.130. The molecular weight excluding hydrogens is 256 g/mol. The summed E-state index contributed by atoms with van der Waals surface area (Å²) in [5.74, 6) is -0.501. The lowest BCUT2D eigenvalue weighted by Gasteiger charge is -2.49. The monoisotopic (exact) mass is 274 g/mol. The van der Waals surface area contributed by atoms with E-state index in [9.17, 15) is 4.79 Å². The molecule has 0 saturated carbocycles. The maximum absolute atomic E-state index is 12.4. The lowest BCUT2D eigenvalue weighted by molar-refractivity contribution is -0.314. The van der Waals surface area contributed by atoms with E-state index in [2.05, 4.69) is 12.1 Å². The van der Waals surface area contributed by atoms with Crippen LogP contribution in [0.15, 0.2) is 24.5 Å². The van der Waals surface area contributed by atoms with Gasteiger partial charge in [0.15, 0.2) is 0 Å². The summed E-state index contributed by atoms with van der Waals surface area (Å²) in [6, 6.07) is 4.12. The zero-order valence-electron chi connectivity index (χ0n) is 12.1. The van der Waals surface area contributed by atoms with Crippen LogP contribution in [0, 0.1) is 26.7 Å². The lowest BCUT2D eigenvalue weighted by Crippen LogP contribution is -2.61. The number of hydrogen-bond donors (Lipinski definition) is 0. The van der Waals surface area contributed by atoms with Gasteiger partial charge >= 0.3 is 5.97 Å². The van der Waals surface area contributed by atoms with Crippen molar-refractivity contribution in [1.29, 1.82) is 0 Å². The van der Waals surface area contributed by atoms with Gasteiger partial charge in [-0.25, -0.2) is 4.79 Å². The molecule has 4 nitrogen and oxygen atoms in total. The number of fused-ring (bicyclic) bond motifs is 1. The molecule has 0 unspecified atom stereocenters. The molecule has 0 aromatic heterocycles. The Labute approximate surface area is 118 Å². The van der Waals surface area contributed by atoms with Gasteiger partial charge in [0, 0.05) is 5.56 Å². The van der Waals surface area contributed by atoms with Crippen LogP contribution >= 0.6 is 0 Å². The van der Waals surface area contributed by atoms with Crippen molar-refractivity contribution >= 4 is 5.97 Å². The Kier molecular flexibility index (Phi) is 2.87. The average molecular weight is 274 g/mol. The minimum Gasteiger partial charge on any atom is -0.472 e. The van der Waals surface area contributed by atoms with Crippen LogP contribution in [0.25, 0.3) is 0 Å². The predicted molar refractivity (Wildman–Crippen MR) is 72.9 cm³/mol. The second-order valence-electron chi connectivity index (χ2n) is 5.48. The maximum atomic E-state index is 12.4. The Hall–Kier alpha value is -1.81. The van der Waals surface area contributed by atoms with E-state index in [-0.39, 0.29) is 18.2 Å². The molecule has 0 spiro atoms. The molecule has 3 rings (SSSR count). The fourth-order valence-corrected chi connectivity index (χ4v) is 3.43. The van der Waals surface area contributed by atoms with Gasteiger partial charge in [0.2, 0.25) is 11.9 Å². The van der Waals surface area contributed by atoms with Crippen LogP contribution in [0.3, 0.4) is 0 Å². The van der Waals surface area contributed by atoms with Gasteiger partial charge in [-0.1, -0.05) is 17.7 Å². The zero-order chi connectivity index (χ0) is 14.5. The van der Waals surface area contributed by atoms with E-state index in [0.717, 1.165) is 22.3 Å². The third-order valence-corrected chi connectivity index (χ3v) is 4.10. The van der Waals surface area contributed by atoms with E-state index < -0.39 is 5.60 Å². The summed E-state index contributed by atoms with van der Waals surface area (Å²) in [5.41, 5.74) is 3.05. The molecule has 3 atom stereocenters. The topological polar surface area (TPSA) is 44.8 Å². The first-order valence-electron chi connectivity index (χ1n) is 6.67. The van der Waals surface area contributed by atoms with Crippen molar-refractivity contribution in [3.63, 3.8) is 0 Å². The number of carbonyl (C=O) groups is 1. The highest BCUT2D eigenvalue weighted by Gasteiger charge is 2.65. The molecular formula is C16H18O4. The van der Waals surface area contributed by atoms with Gasteiger partial charge < -0.3 is 14.2 Å². The van der Waals surface area contributed by atoms with Crippen molar-refractivity contribution in [2.45, 2.75) is 32.7 Å². The molecule has 0 aliphatic carbocycles. The van der Waals surface area contributed by atoms with E-state index >= 15 is 0 Å². The molecule has 2 heterocycles. The Bertz CT molecular complexity index is 581. The second kappa shape index (κ2) is 4.35. The molecule has 4 heteroatoms. The molecule has 1 aromatic carbocycles. The normalized spacial score (nSPS) is 30.4. The van der Waals surface area contributed by atoms with Gasteiger partial charge in [0.1, 0.15) is 0 Å². The highest BCUT2D eigenvalue weighted by Crippen LogP contribution is 2.53. The van der Waals surface area contributed by atoms with Crippen molar-refractivity contribution in [3.05, 3.63) is 46.7 Å². The Morgan fingerprint density at radius 3 is 2.45 bits per heavy atom. The maximum Gasteiger partial charge on any atom is 0.343 e. The van der Waals surface area contributed by atoms with E-state index in [1.165, 1.54) is 7.11 Å². The minimum atomic E-state index is -1.08. The number of rotatable bonds is 2. The quantitative estimate of drug-likeness (QED) is 0.777. The Balaban J connectivity index is 2.17. The number of aryl methyl sites for hydroxylation is 3. The Morgan fingerprint density at radius 1 is 1.25 bits per heavy atom. The van der Waals surface area contributed by atoms with Crippen LogP contribution in [0.1, 0.15) is 22.3 Å². The van der Waals surface area contributed by atoms with Crippen LogP contribution in [0.2, 0.25) is 0 Å². The van der Waals surface area contributed by atoms with Crippen LogP contribution < -0.4 is 0 Å². The first-order valence-corrected chi connectivity index (χ1v) is 6.67. The third kappa shape index (κ3) is 1.54. The van der Waals surface area contributed by atoms with E-state index in [1.54, 1.807) is 6.26 Å². The van der Waals surface area contributed by atoms with Gasteiger partial charge in [-0.2, -0.15) is 0 Å². The summed E-state index contributed by atoms with van der Waals surface area (Å²) in [4.78, 5) is 12.4. The number of ether oxygens (including phenoxy) is 3. The summed E-state index contributed by atoms with van der Waals surface area (Å²) in [7, 11) is 1.39. The molecule has 2 aliphatic heterocycles. The summed E-state index contributed by atoms with van der Waals surface area (Å²) in [6.07, 6.45) is 3.09. The van der Waals surface area contributed by atoms with Gasteiger partial charge in [0.25, 0.3) is 0 Å². The van der Waals surface area contributed by atoms with Crippen LogP contribution in [-0.4, -0.2) is 19.4 Å². The fourth-order valence-electron chi connectivity index (χ4n) is 3.43. The van der Waals surface area contributed by atoms with Gasteiger partial charge in [-0.05, 0) is 38.0 Å². The van der Waals surface area contributed by atoms with Crippen LogP contribution in [0.5, 0.6) is 0 Å². The predicted octanol–water partition coefficient (Wildman–Crippen LogP) is 2.50. The molecule has 1 saturated heterocycles. The van der Waals surface area contributed by atoms with E-state index in [4.69, 9.17) is 14.2 Å². The molecule has 0 radical (unpaired) electrons. The number of methoxy groups -OCH3 is 1. The van der Waals surface area contributed by atoms with Gasteiger partial charge in [0.05, 0.1) is 19.3 Å². The summed E-state index contributed by atoms with van der Waals surface area (Å²) < 4.78 is 16.2. The summed E-state index contributed by atoms with van der Waals surface area (Å²) in [5, 5.41) is 0. The zero-order valence-corrected chi connectivity index (χ0v) is 12.1. The standard InChI is InChI=1S/C16H18O4/c1-9-7-10(2)13(11(3)8-9)16(15(17)18-4)12-5-6-19-14(12)20-16/h5-8,12,14H,1-4H3/t12-,14-,16+/m1/s1. The van der Waals surface area contributed by atoms with Crippen molar-refractivity contribution in [3.8, 4) is 0 Å². The van der Waals surface area contributed by atoms with Crippen LogP contribution in [0.4, 0.5) is 0 Å². The van der Waals surface area contributed by atoms with Crippen molar-refractivity contribution in [2.24, 2.45) is 5.92 Å². The van der Waals surface area contributed by atoms with Crippen molar-refractivity contribution in [1.82, 2.24) is 0 Å². The first-order chi connectivity index (χ1) is 9.50. The molecule has 0 amide bonds. The molecule has 106 valence electrons. The highest BCUT2D eigenvalue weighted by molar-refractivity contribution is 5.84. The number of hydrogen-bond acceptors (Lipinski definition) is 4. The largest absolute Gasteiger partial charge is 0.472 e. The molecule has 0 N–H and O–H groups in total. The second-order valence-corrected chi connectivity index (χ2v) is 5.48. The fraction of sp³-hybridized carbons (Fsp3) is 0.438. The average Bonchev–Trinajstić information content (AvgIpc) is 2.75. The van der Waals surface area contributed by atoms with E-state index in [1.807, 2.05) is 26.8 Å². The number of benzene rings is 1. The van der Waals surface area contributed by atoms with E-state index in [0.29, 0.717) is 0 Å². The van der Waals surface area contributed by atoms with Gasteiger partial charge in [-0.3, -0.25) is 0 Å². The Morgan fingerprint density at radius 2 is 1.90 bits per heavy atom. The van der Waals surface area contributed by atoms with Crippen molar-refractivity contribution in [2.75, 3.05) is 7.11 Å². The highest BCUT2D eigenvalue weighted by atomic mass is 16.7. The van der Waals surface area contributed by atoms with Crippen molar-refractivity contribution < 1.29 is 19.0 Å². The molecule has 1 fully saturated rings. The summed E-state index contributed by atoms with van der Waals surface area (Å²) >= 11 is 0. The SMILES string of the molecule is COC(=O)[C@]1(c2c(C)cc(C)cc2C)O[C@H]2OC=C[C@H]21.